The molecule has 0 spiro atoms. The molecule has 0 saturated heterocycles. The van der Waals surface area contributed by atoms with Crippen molar-refractivity contribution < 1.29 is 0 Å². The van der Waals surface area contributed by atoms with E-state index < -0.39 is 0 Å². The second-order valence-electron chi connectivity index (χ2n) is 3.09. The van der Waals surface area contributed by atoms with E-state index in [2.05, 4.69) is 18.7 Å². The minimum atomic E-state index is 0.773. The van der Waals surface area contributed by atoms with Gasteiger partial charge in [0, 0.05) is 12.1 Å². The molecule has 0 saturated carbocycles. The van der Waals surface area contributed by atoms with Crippen molar-refractivity contribution in [2.45, 2.75) is 19.3 Å². The molecule has 1 N–H and O–H groups in total. The highest BCUT2D eigenvalue weighted by atomic mass is 14.5. The topological polar surface area (TPSA) is 23.9 Å². The average Bonchev–Trinajstić information content (AvgIpc) is 2.30. The van der Waals surface area contributed by atoms with E-state index in [0.717, 1.165) is 30.5 Å². The fourth-order valence-electron chi connectivity index (χ4n) is 1.72. The number of allylic oxidation sites excluding steroid dienone is 5. The molecule has 2 rings (SSSR count). The van der Waals surface area contributed by atoms with E-state index in [9.17, 15) is 0 Å². The van der Waals surface area contributed by atoms with Crippen molar-refractivity contribution in [1.29, 1.82) is 5.41 Å². The van der Waals surface area contributed by atoms with Crippen LogP contribution in [0.25, 0.3) is 0 Å². The molecular weight excluding hydrogens is 134 g/mol. The lowest BCUT2D eigenvalue weighted by Crippen LogP contribution is -1.96. The first-order valence-corrected chi connectivity index (χ1v) is 3.94. The van der Waals surface area contributed by atoms with E-state index in [0.29, 0.717) is 0 Å². The molecule has 2 aliphatic carbocycles. The van der Waals surface area contributed by atoms with Gasteiger partial charge in [-0.05, 0) is 29.6 Å². The SMILES string of the molecule is C=C1CC(=N)C2=C1C=CCC2. The number of hydrogen-bond donors (Lipinski definition) is 1. The van der Waals surface area contributed by atoms with Crippen LogP contribution in [0.2, 0.25) is 0 Å². The molecule has 0 atom stereocenters. The van der Waals surface area contributed by atoms with Crippen molar-refractivity contribution in [2.75, 3.05) is 0 Å². The molecule has 0 aromatic carbocycles. The summed E-state index contributed by atoms with van der Waals surface area (Å²) < 4.78 is 0. The molecule has 0 amide bonds. The molecule has 1 heteroatoms. The van der Waals surface area contributed by atoms with E-state index in [-0.39, 0.29) is 0 Å². The van der Waals surface area contributed by atoms with Gasteiger partial charge in [0.2, 0.25) is 0 Å². The molecule has 11 heavy (non-hydrogen) atoms. The average molecular weight is 145 g/mol. The van der Waals surface area contributed by atoms with Crippen LogP contribution in [-0.2, 0) is 0 Å². The number of nitrogens with one attached hydrogen (secondary N) is 1. The van der Waals surface area contributed by atoms with E-state index in [4.69, 9.17) is 5.41 Å². The maximum absolute atomic E-state index is 7.65. The number of hydrogen-bond acceptors (Lipinski definition) is 1. The predicted octanol–water partition coefficient (Wildman–Crippen LogP) is 2.61. The monoisotopic (exact) mass is 145 g/mol. The van der Waals surface area contributed by atoms with E-state index in [1.807, 2.05) is 0 Å². The van der Waals surface area contributed by atoms with Crippen molar-refractivity contribution in [2.24, 2.45) is 0 Å². The normalized spacial score (nSPS) is 22.9. The maximum atomic E-state index is 7.65. The summed E-state index contributed by atoms with van der Waals surface area (Å²) >= 11 is 0. The lowest BCUT2D eigenvalue weighted by atomic mass is 9.99. The summed E-state index contributed by atoms with van der Waals surface area (Å²) in [6, 6.07) is 0. The Morgan fingerprint density at radius 1 is 1.45 bits per heavy atom. The van der Waals surface area contributed by atoms with Crippen LogP contribution in [0.1, 0.15) is 19.3 Å². The van der Waals surface area contributed by atoms with Gasteiger partial charge < -0.3 is 5.41 Å². The van der Waals surface area contributed by atoms with Gasteiger partial charge in [0.15, 0.2) is 0 Å². The predicted molar refractivity (Wildman–Crippen MR) is 46.9 cm³/mol. The fourth-order valence-corrected chi connectivity index (χ4v) is 1.72. The van der Waals surface area contributed by atoms with Crippen LogP contribution < -0.4 is 0 Å². The molecule has 1 nitrogen and oxygen atoms in total. The van der Waals surface area contributed by atoms with E-state index >= 15 is 0 Å². The largest absolute Gasteiger partial charge is 0.305 e. The maximum Gasteiger partial charge on any atom is 0.0395 e. The molecule has 0 radical (unpaired) electrons. The zero-order chi connectivity index (χ0) is 7.84. The molecule has 0 heterocycles. The summed E-state index contributed by atoms with van der Waals surface area (Å²) in [5.41, 5.74) is 4.38. The van der Waals surface area contributed by atoms with Gasteiger partial charge in [0.25, 0.3) is 0 Å². The quantitative estimate of drug-likeness (QED) is 0.541. The van der Waals surface area contributed by atoms with Crippen LogP contribution in [0.4, 0.5) is 0 Å². The molecule has 0 unspecified atom stereocenters. The first-order valence-electron chi connectivity index (χ1n) is 3.94. The van der Waals surface area contributed by atoms with Gasteiger partial charge in [-0.1, -0.05) is 18.7 Å². The highest BCUT2D eigenvalue weighted by Crippen LogP contribution is 2.33. The van der Waals surface area contributed by atoms with E-state index in [1.165, 1.54) is 11.1 Å². The summed E-state index contributed by atoms with van der Waals surface area (Å²) in [6.07, 6.45) is 7.19. The summed E-state index contributed by atoms with van der Waals surface area (Å²) in [7, 11) is 0. The Bertz CT molecular complexity index is 292. The molecule has 0 fully saturated rings. The Morgan fingerprint density at radius 2 is 2.27 bits per heavy atom. The van der Waals surface area contributed by atoms with Crippen molar-refractivity contribution in [3.63, 3.8) is 0 Å². The highest BCUT2D eigenvalue weighted by molar-refractivity contribution is 6.05. The van der Waals surface area contributed by atoms with Crippen LogP contribution in [0.15, 0.2) is 35.5 Å². The Hall–Kier alpha value is -1.11. The summed E-state index contributed by atoms with van der Waals surface area (Å²) in [5.74, 6) is 0. The lowest BCUT2D eigenvalue weighted by molar-refractivity contribution is 0.994. The second-order valence-corrected chi connectivity index (χ2v) is 3.09. The molecule has 0 aromatic rings. The smallest absolute Gasteiger partial charge is 0.0395 e. The summed E-state index contributed by atoms with van der Waals surface area (Å²) in [5, 5.41) is 7.65. The fraction of sp³-hybridized carbons (Fsp3) is 0.300. The van der Waals surface area contributed by atoms with Gasteiger partial charge in [0.1, 0.15) is 0 Å². The van der Waals surface area contributed by atoms with Gasteiger partial charge in [-0.2, -0.15) is 0 Å². The molecule has 0 aromatic heterocycles. The summed E-state index contributed by atoms with van der Waals surface area (Å²) in [4.78, 5) is 0. The third kappa shape index (κ3) is 0.881. The molecular formula is C10H11N. The van der Waals surface area contributed by atoms with Gasteiger partial charge >= 0.3 is 0 Å². The van der Waals surface area contributed by atoms with Crippen LogP contribution >= 0.6 is 0 Å². The van der Waals surface area contributed by atoms with Gasteiger partial charge in [-0.25, -0.2) is 0 Å². The van der Waals surface area contributed by atoms with Gasteiger partial charge in [-0.15, -0.1) is 0 Å². The third-order valence-electron chi connectivity index (χ3n) is 2.31. The Balaban J connectivity index is 2.49. The van der Waals surface area contributed by atoms with Crippen molar-refractivity contribution in [3.8, 4) is 0 Å². The van der Waals surface area contributed by atoms with Crippen LogP contribution in [0.3, 0.4) is 0 Å². The minimum absolute atomic E-state index is 0.773. The van der Waals surface area contributed by atoms with Crippen LogP contribution in [0.5, 0.6) is 0 Å². The first-order chi connectivity index (χ1) is 5.29. The van der Waals surface area contributed by atoms with Crippen molar-refractivity contribution >= 4 is 5.71 Å². The highest BCUT2D eigenvalue weighted by Gasteiger charge is 2.22. The van der Waals surface area contributed by atoms with Crippen LogP contribution in [-0.4, -0.2) is 5.71 Å². The van der Waals surface area contributed by atoms with Crippen molar-refractivity contribution in [1.82, 2.24) is 0 Å². The molecule has 0 bridgehead atoms. The lowest BCUT2D eigenvalue weighted by Gasteiger charge is -2.06. The Kier molecular flexibility index (Phi) is 1.31. The van der Waals surface area contributed by atoms with Crippen molar-refractivity contribution in [3.05, 3.63) is 35.5 Å². The summed E-state index contributed by atoms with van der Waals surface area (Å²) in [6.45, 7) is 3.94. The van der Waals surface area contributed by atoms with Crippen LogP contribution in [0, 0.1) is 5.41 Å². The molecule has 0 aliphatic heterocycles. The minimum Gasteiger partial charge on any atom is -0.305 e. The zero-order valence-corrected chi connectivity index (χ0v) is 6.48. The van der Waals surface area contributed by atoms with E-state index in [1.54, 1.807) is 0 Å². The van der Waals surface area contributed by atoms with Gasteiger partial charge in [0.05, 0.1) is 0 Å². The Labute approximate surface area is 66.6 Å². The molecule has 56 valence electrons. The number of rotatable bonds is 0. The first kappa shape index (κ1) is 6.59. The molecule has 2 aliphatic rings. The zero-order valence-electron chi connectivity index (χ0n) is 6.48. The second kappa shape index (κ2) is 2.19. The third-order valence-corrected chi connectivity index (χ3v) is 2.31. The Morgan fingerprint density at radius 3 is 3.00 bits per heavy atom. The standard InChI is InChI=1S/C10H11N/c1-7-6-10(11)9-5-3-2-4-8(7)9/h2,4,11H,1,3,5-6H2. The van der Waals surface area contributed by atoms with Gasteiger partial charge in [-0.3, -0.25) is 0 Å².